The minimum absolute atomic E-state index is 0.274. The summed E-state index contributed by atoms with van der Waals surface area (Å²) in [5, 5.41) is 9.12. The Bertz CT molecular complexity index is 412. The molecule has 0 saturated carbocycles. The van der Waals surface area contributed by atoms with Crippen LogP contribution in [0.15, 0.2) is 40.8 Å². The van der Waals surface area contributed by atoms with Crippen LogP contribution in [0.2, 0.25) is 0 Å². The number of hydrogen-bond acceptors (Lipinski definition) is 2. The SMILES string of the molecule is CCc1ccc(-c2ccc(O)cc2)o1. The molecule has 1 aromatic heterocycles. The van der Waals surface area contributed by atoms with Crippen LogP contribution in [0.1, 0.15) is 12.7 Å². The van der Waals surface area contributed by atoms with Gasteiger partial charge in [-0.25, -0.2) is 0 Å². The van der Waals surface area contributed by atoms with Crippen molar-refractivity contribution in [2.24, 2.45) is 0 Å². The Kier molecular flexibility index (Phi) is 2.27. The largest absolute Gasteiger partial charge is 0.508 e. The van der Waals surface area contributed by atoms with E-state index < -0.39 is 0 Å². The van der Waals surface area contributed by atoms with Gasteiger partial charge in [-0.3, -0.25) is 0 Å². The summed E-state index contributed by atoms with van der Waals surface area (Å²) in [6.45, 7) is 2.05. The van der Waals surface area contributed by atoms with Crippen molar-refractivity contribution in [3.05, 3.63) is 42.2 Å². The minimum Gasteiger partial charge on any atom is -0.508 e. The van der Waals surface area contributed by atoms with Crippen LogP contribution >= 0.6 is 0 Å². The molecule has 1 heterocycles. The second-order valence-corrected chi connectivity index (χ2v) is 3.17. The molecule has 72 valence electrons. The predicted molar refractivity (Wildman–Crippen MR) is 55.2 cm³/mol. The van der Waals surface area contributed by atoms with Crippen molar-refractivity contribution in [3.63, 3.8) is 0 Å². The van der Waals surface area contributed by atoms with Gasteiger partial charge in [-0.1, -0.05) is 6.92 Å². The molecule has 0 spiro atoms. The molecule has 0 atom stereocenters. The topological polar surface area (TPSA) is 33.4 Å². The van der Waals surface area contributed by atoms with Gasteiger partial charge < -0.3 is 9.52 Å². The van der Waals surface area contributed by atoms with E-state index in [1.165, 1.54) is 0 Å². The number of phenols is 1. The Morgan fingerprint density at radius 1 is 1.07 bits per heavy atom. The van der Waals surface area contributed by atoms with Gasteiger partial charge in [-0.15, -0.1) is 0 Å². The summed E-state index contributed by atoms with van der Waals surface area (Å²) < 4.78 is 5.58. The van der Waals surface area contributed by atoms with E-state index in [1.807, 2.05) is 24.3 Å². The quantitative estimate of drug-likeness (QED) is 0.785. The highest BCUT2D eigenvalue weighted by atomic mass is 16.3. The van der Waals surface area contributed by atoms with Crippen molar-refractivity contribution in [3.8, 4) is 17.1 Å². The first-order chi connectivity index (χ1) is 6.79. The Labute approximate surface area is 82.8 Å². The molecule has 0 amide bonds. The molecule has 0 radical (unpaired) electrons. The Morgan fingerprint density at radius 3 is 2.36 bits per heavy atom. The average Bonchev–Trinajstić information content (AvgIpc) is 2.67. The molecule has 14 heavy (non-hydrogen) atoms. The standard InChI is InChI=1S/C12H12O2/c1-2-11-7-8-12(14-11)9-3-5-10(13)6-4-9/h3-8,13H,2H2,1H3. The van der Waals surface area contributed by atoms with Crippen molar-refractivity contribution in [1.29, 1.82) is 0 Å². The summed E-state index contributed by atoms with van der Waals surface area (Å²) in [6.07, 6.45) is 0.901. The summed E-state index contributed by atoms with van der Waals surface area (Å²) >= 11 is 0. The van der Waals surface area contributed by atoms with E-state index in [0.29, 0.717) is 0 Å². The van der Waals surface area contributed by atoms with Crippen LogP contribution in [-0.4, -0.2) is 5.11 Å². The van der Waals surface area contributed by atoms with Crippen molar-refractivity contribution in [2.75, 3.05) is 0 Å². The van der Waals surface area contributed by atoms with Gasteiger partial charge in [0.1, 0.15) is 17.3 Å². The summed E-state index contributed by atoms with van der Waals surface area (Å²) in [6, 6.07) is 10.9. The summed E-state index contributed by atoms with van der Waals surface area (Å²) in [7, 11) is 0. The number of hydrogen-bond donors (Lipinski definition) is 1. The molecule has 2 rings (SSSR count). The predicted octanol–water partition coefficient (Wildman–Crippen LogP) is 3.21. The van der Waals surface area contributed by atoms with Crippen LogP contribution in [0.3, 0.4) is 0 Å². The van der Waals surface area contributed by atoms with Crippen molar-refractivity contribution < 1.29 is 9.52 Å². The lowest BCUT2D eigenvalue weighted by atomic mass is 10.2. The Morgan fingerprint density at radius 2 is 1.79 bits per heavy atom. The number of furan rings is 1. The Hall–Kier alpha value is -1.70. The molecule has 2 nitrogen and oxygen atoms in total. The maximum atomic E-state index is 9.12. The highest BCUT2D eigenvalue weighted by Gasteiger charge is 2.02. The van der Waals surface area contributed by atoms with Crippen LogP contribution in [0.5, 0.6) is 5.75 Å². The normalized spacial score (nSPS) is 10.4. The average molecular weight is 188 g/mol. The van der Waals surface area contributed by atoms with Gasteiger partial charge in [0.25, 0.3) is 0 Å². The van der Waals surface area contributed by atoms with Crippen LogP contribution in [0, 0.1) is 0 Å². The van der Waals surface area contributed by atoms with Crippen LogP contribution in [0.4, 0.5) is 0 Å². The fourth-order valence-electron chi connectivity index (χ4n) is 1.35. The fraction of sp³-hybridized carbons (Fsp3) is 0.167. The first-order valence-corrected chi connectivity index (χ1v) is 4.67. The highest BCUT2D eigenvalue weighted by molar-refractivity contribution is 5.58. The van der Waals surface area contributed by atoms with E-state index in [-0.39, 0.29) is 5.75 Å². The molecule has 2 aromatic rings. The molecule has 0 fully saturated rings. The molecule has 0 aliphatic heterocycles. The van der Waals surface area contributed by atoms with Gasteiger partial charge in [0.15, 0.2) is 0 Å². The number of benzene rings is 1. The molecule has 0 bridgehead atoms. The third-order valence-corrected chi connectivity index (χ3v) is 2.16. The first-order valence-electron chi connectivity index (χ1n) is 4.67. The summed E-state index contributed by atoms with van der Waals surface area (Å²) in [5.74, 6) is 2.10. The van der Waals surface area contributed by atoms with E-state index in [4.69, 9.17) is 9.52 Å². The molecule has 1 N–H and O–H groups in total. The molecular formula is C12H12O2. The zero-order chi connectivity index (χ0) is 9.97. The smallest absolute Gasteiger partial charge is 0.134 e. The summed E-state index contributed by atoms with van der Waals surface area (Å²) in [4.78, 5) is 0. The van der Waals surface area contributed by atoms with Crippen LogP contribution < -0.4 is 0 Å². The third kappa shape index (κ3) is 1.64. The van der Waals surface area contributed by atoms with Crippen molar-refractivity contribution in [1.82, 2.24) is 0 Å². The van der Waals surface area contributed by atoms with Crippen LogP contribution in [-0.2, 0) is 6.42 Å². The van der Waals surface area contributed by atoms with Crippen molar-refractivity contribution >= 4 is 0 Å². The van der Waals surface area contributed by atoms with E-state index in [0.717, 1.165) is 23.5 Å². The molecule has 0 aliphatic rings. The molecule has 0 unspecified atom stereocenters. The monoisotopic (exact) mass is 188 g/mol. The molecule has 0 saturated heterocycles. The first kappa shape index (κ1) is 8.88. The van der Waals surface area contributed by atoms with Gasteiger partial charge in [-0.05, 0) is 36.4 Å². The van der Waals surface area contributed by atoms with Gasteiger partial charge >= 0.3 is 0 Å². The van der Waals surface area contributed by atoms with E-state index in [2.05, 4.69) is 6.92 Å². The lowest BCUT2D eigenvalue weighted by Crippen LogP contribution is -1.73. The second-order valence-electron chi connectivity index (χ2n) is 3.17. The highest BCUT2D eigenvalue weighted by Crippen LogP contribution is 2.24. The number of aryl methyl sites for hydroxylation is 1. The van der Waals surface area contributed by atoms with E-state index in [9.17, 15) is 0 Å². The van der Waals surface area contributed by atoms with Crippen molar-refractivity contribution in [2.45, 2.75) is 13.3 Å². The number of aromatic hydroxyl groups is 1. The minimum atomic E-state index is 0.274. The van der Waals surface area contributed by atoms with Gasteiger partial charge in [0, 0.05) is 12.0 Å². The molecule has 2 heteroatoms. The van der Waals surface area contributed by atoms with E-state index >= 15 is 0 Å². The maximum absolute atomic E-state index is 9.12. The maximum Gasteiger partial charge on any atom is 0.134 e. The van der Waals surface area contributed by atoms with Gasteiger partial charge in [0.05, 0.1) is 0 Å². The molecule has 0 aliphatic carbocycles. The number of rotatable bonds is 2. The van der Waals surface area contributed by atoms with E-state index in [1.54, 1.807) is 12.1 Å². The third-order valence-electron chi connectivity index (χ3n) is 2.16. The Balaban J connectivity index is 2.34. The second kappa shape index (κ2) is 3.58. The molecule has 1 aromatic carbocycles. The molecular weight excluding hydrogens is 176 g/mol. The fourth-order valence-corrected chi connectivity index (χ4v) is 1.35. The lowest BCUT2D eigenvalue weighted by molar-refractivity contribution is 0.475. The summed E-state index contributed by atoms with van der Waals surface area (Å²) in [5.41, 5.74) is 0.988. The van der Waals surface area contributed by atoms with Gasteiger partial charge in [0.2, 0.25) is 0 Å². The van der Waals surface area contributed by atoms with Gasteiger partial charge in [-0.2, -0.15) is 0 Å². The zero-order valence-corrected chi connectivity index (χ0v) is 8.03. The number of phenolic OH excluding ortho intramolecular Hbond substituents is 1. The lowest BCUT2D eigenvalue weighted by Gasteiger charge is -1.96. The van der Waals surface area contributed by atoms with Crippen LogP contribution in [0.25, 0.3) is 11.3 Å². The zero-order valence-electron chi connectivity index (χ0n) is 8.03.